The molecule has 0 aliphatic carbocycles. The minimum absolute atomic E-state index is 0.329. The van der Waals surface area contributed by atoms with Crippen LogP contribution < -0.4 is 0 Å². The number of thiol groups is 1. The predicted molar refractivity (Wildman–Crippen MR) is 69.3 cm³/mol. The summed E-state index contributed by atoms with van der Waals surface area (Å²) in [5.74, 6) is 0.329. The normalized spacial score (nSPS) is 20.5. The maximum atomic E-state index is 9.47. The average molecular weight is 256 g/mol. The Balaban J connectivity index is 4.47. The van der Waals surface area contributed by atoms with Crippen LogP contribution >= 0.6 is 17.9 Å². The molecule has 0 aliphatic heterocycles. The van der Waals surface area contributed by atoms with Crippen LogP contribution in [0, 0.1) is 5.92 Å². The van der Waals surface area contributed by atoms with Gasteiger partial charge in [-0.3, -0.25) is 0 Å². The highest BCUT2D eigenvalue weighted by atomic mass is 32.9. The molecule has 0 fully saturated rings. The van der Waals surface area contributed by atoms with Gasteiger partial charge >= 0.3 is 0 Å². The Morgan fingerprint density at radius 3 is 2.36 bits per heavy atom. The standard InChI is InChI=1S/C9H21O2PS2/c1-5-6-7-9(4,8(2)3)11-12(10,13)14/h8H,5-7H2,1-4H3,(H2,10,13,14). The van der Waals surface area contributed by atoms with Crippen LogP contribution in [-0.2, 0) is 16.3 Å². The topological polar surface area (TPSA) is 29.5 Å². The summed E-state index contributed by atoms with van der Waals surface area (Å²) in [5.41, 5.74) is -3.20. The monoisotopic (exact) mass is 256 g/mol. The Kier molecular flexibility index (Phi) is 6.24. The highest BCUT2D eigenvalue weighted by molar-refractivity contribution is 8.59. The van der Waals surface area contributed by atoms with Gasteiger partial charge in [-0.1, -0.05) is 45.9 Å². The molecule has 0 radical (unpaired) electrons. The molecule has 2 atom stereocenters. The summed E-state index contributed by atoms with van der Waals surface area (Å²) >= 11 is 8.74. The van der Waals surface area contributed by atoms with Crippen LogP contribution in [0.3, 0.4) is 0 Å². The summed E-state index contributed by atoms with van der Waals surface area (Å²) in [6.07, 6.45) is 3.12. The minimum Gasteiger partial charge on any atom is -0.338 e. The first-order valence-electron chi connectivity index (χ1n) is 4.97. The third-order valence-corrected chi connectivity index (χ3v) is 3.70. The second-order valence-corrected chi connectivity index (χ2v) is 9.24. The first kappa shape index (κ1) is 14.9. The molecule has 14 heavy (non-hydrogen) atoms. The lowest BCUT2D eigenvalue weighted by molar-refractivity contribution is 0.0353. The first-order chi connectivity index (χ1) is 6.21. The second kappa shape index (κ2) is 5.86. The quantitative estimate of drug-likeness (QED) is 0.560. The number of rotatable bonds is 6. The van der Waals surface area contributed by atoms with Crippen molar-refractivity contribution in [2.45, 2.75) is 52.6 Å². The molecule has 0 aromatic carbocycles. The van der Waals surface area contributed by atoms with Crippen molar-refractivity contribution in [2.75, 3.05) is 0 Å². The van der Waals surface area contributed by atoms with Crippen molar-refractivity contribution < 1.29 is 9.42 Å². The van der Waals surface area contributed by atoms with Crippen molar-refractivity contribution in [1.82, 2.24) is 0 Å². The number of unbranched alkanes of at least 4 members (excludes halogenated alkanes) is 1. The molecule has 2 unspecified atom stereocenters. The molecule has 0 aromatic rings. The highest BCUT2D eigenvalue weighted by Crippen LogP contribution is 2.53. The summed E-state index contributed by atoms with van der Waals surface area (Å²) in [4.78, 5) is 9.47. The Hall–Kier alpha value is 0.920. The van der Waals surface area contributed by atoms with Gasteiger partial charge in [0.05, 0.1) is 5.60 Å². The van der Waals surface area contributed by atoms with Crippen molar-refractivity contribution in [3.8, 4) is 0 Å². The number of hydrogen-bond acceptors (Lipinski definition) is 2. The maximum Gasteiger partial charge on any atom is 0.242 e. The minimum atomic E-state index is -2.85. The van der Waals surface area contributed by atoms with Gasteiger partial charge in [-0.25, -0.2) is 0 Å². The third kappa shape index (κ3) is 5.72. The molecule has 0 aromatic heterocycles. The fourth-order valence-electron chi connectivity index (χ4n) is 1.24. The second-order valence-electron chi connectivity index (χ2n) is 4.15. The van der Waals surface area contributed by atoms with Gasteiger partial charge in [0.15, 0.2) is 0 Å². The van der Waals surface area contributed by atoms with E-state index in [2.05, 4.69) is 33.0 Å². The van der Waals surface area contributed by atoms with E-state index in [0.29, 0.717) is 5.92 Å². The van der Waals surface area contributed by atoms with Gasteiger partial charge in [0.25, 0.3) is 0 Å². The van der Waals surface area contributed by atoms with E-state index < -0.39 is 5.69 Å². The smallest absolute Gasteiger partial charge is 0.242 e. The fraction of sp³-hybridized carbons (Fsp3) is 1.00. The van der Waals surface area contributed by atoms with Gasteiger partial charge in [-0.2, -0.15) is 0 Å². The van der Waals surface area contributed by atoms with Crippen LogP contribution in [-0.4, -0.2) is 10.5 Å². The summed E-state index contributed by atoms with van der Waals surface area (Å²) < 4.78 is 5.53. The Labute approximate surface area is 97.8 Å². The lowest BCUT2D eigenvalue weighted by atomic mass is 9.87. The van der Waals surface area contributed by atoms with E-state index in [9.17, 15) is 4.89 Å². The van der Waals surface area contributed by atoms with E-state index in [-0.39, 0.29) is 5.60 Å². The van der Waals surface area contributed by atoms with Crippen molar-refractivity contribution in [3.63, 3.8) is 0 Å². The third-order valence-electron chi connectivity index (χ3n) is 2.58. The van der Waals surface area contributed by atoms with Gasteiger partial charge in [-0.05, 0) is 31.1 Å². The molecule has 86 valence electrons. The van der Waals surface area contributed by atoms with Crippen molar-refractivity contribution >= 4 is 29.7 Å². The molecule has 0 amide bonds. The largest absolute Gasteiger partial charge is 0.338 e. The lowest BCUT2D eigenvalue weighted by Crippen LogP contribution is -2.33. The van der Waals surface area contributed by atoms with Gasteiger partial charge in [0.1, 0.15) is 0 Å². The zero-order valence-electron chi connectivity index (χ0n) is 9.36. The van der Waals surface area contributed by atoms with Crippen LogP contribution in [0.4, 0.5) is 0 Å². The Morgan fingerprint density at radius 2 is 2.07 bits per heavy atom. The molecule has 0 saturated heterocycles. The van der Waals surface area contributed by atoms with Crippen LogP contribution in [0.1, 0.15) is 47.0 Å². The van der Waals surface area contributed by atoms with Crippen LogP contribution in [0.15, 0.2) is 0 Å². The van der Waals surface area contributed by atoms with E-state index in [4.69, 9.17) is 16.3 Å². The zero-order chi connectivity index (χ0) is 11.4. The van der Waals surface area contributed by atoms with Gasteiger partial charge < -0.3 is 9.42 Å². The van der Waals surface area contributed by atoms with E-state index >= 15 is 0 Å². The molecule has 5 heteroatoms. The van der Waals surface area contributed by atoms with Crippen LogP contribution in [0.2, 0.25) is 0 Å². The van der Waals surface area contributed by atoms with Crippen molar-refractivity contribution in [1.29, 1.82) is 0 Å². The molecular weight excluding hydrogens is 235 g/mol. The molecular formula is C9H21O2PS2. The van der Waals surface area contributed by atoms with Gasteiger partial charge in [0, 0.05) is 0 Å². The fourth-order valence-corrected chi connectivity index (χ4v) is 3.15. The molecule has 1 N–H and O–H groups in total. The van der Waals surface area contributed by atoms with E-state index in [0.717, 1.165) is 19.3 Å². The molecule has 0 bridgehead atoms. The maximum absolute atomic E-state index is 9.47. The van der Waals surface area contributed by atoms with E-state index in [1.54, 1.807) is 0 Å². The summed E-state index contributed by atoms with van der Waals surface area (Å²) in [6, 6.07) is 0. The SMILES string of the molecule is CCCCC(C)(OP(O)(=S)S)C(C)C. The molecule has 0 aliphatic rings. The molecule has 0 rings (SSSR count). The Morgan fingerprint density at radius 1 is 1.57 bits per heavy atom. The Bertz CT molecular complexity index is 215. The van der Waals surface area contributed by atoms with Crippen molar-refractivity contribution in [2.24, 2.45) is 5.92 Å². The lowest BCUT2D eigenvalue weighted by Gasteiger charge is -2.35. The highest BCUT2D eigenvalue weighted by Gasteiger charge is 2.32. The molecule has 0 spiro atoms. The van der Waals surface area contributed by atoms with Crippen molar-refractivity contribution in [3.05, 3.63) is 0 Å². The first-order valence-corrected chi connectivity index (χ1v) is 8.80. The molecule has 2 nitrogen and oxygen atoms in total. The molecule has 0 saturated carbocycles. The predicted octanol–water partition coefficient (Wildman–Crippen LogP) is 3.75. The average Bonchev–Trinajstić information content (AvgIpc) is 1.97. The number of hydrogen-bond donors (Lipinski definition) is 2. The van der Waals surface area contributed by atoms with Crippen LogP contribution in [0.5, 0.6) is 0 Å². The summed E-state index contributed by atoms with van der Waals surface area (Å²) in [5, 5.41) is 0. The molecule has 0 heterocycles. The summed E-state index contributed by atoms with van der Waals surface area (Å²) in [6.45, 7) is 8.29. The van der Waals surface area contributed by atoms with Crippen LogP contribution in [0.25, 0.3) is 0 Å². The van der Waals surface area contributed by atoms with Gasteiger partial charge in [0.2, 0.25) is 5.69 Å². The van der Waals surface area contributed by atoms with E-state index in [1.165, 1.54) is 0 Å². The zero-order valence-corrected chi connectivity index (χ0v) is 12.0. The van der Waals surface area contributed by atoms with E-state index in [1.807, 2.05) is 6.92 Å². The summed E-state index contributed by atoms with van der Waals surface area (Å²) in [7, 11) is 0. The van der Waals surface area contributed by atoms with Gasteiger partial charge in [-0.15, -0.1) is 0 Å².